The zero-order valence-corrected chi connectivity index (χ0v) is 8.08. The van der Waals surface area contributed by atoms with Crippen molar-refractivity contribution in [3.8, 4) is 0 Å². The molecule has 0 radical (unpaired) electrons. The predicted octanol–water partition coefficient (Wildman–Crippen LogP) is 3.60. The summed E-state index contributed by atoms with van der Waals surface area (Å²) in [5.41, 5.74) is 1.57. The Kier molecular flexibility index (Phi) is 3.10. The largest absolute Gasteiger partial charge is 0.205 e. The van der Waals surface area contributed by atoms with E-state index in [1.165, 1.54) is 0 Å². The van der Waals surface area contributed by atoms with E-state index in [0.717, 1.165) is 12.0 Å². The van der Waals surface area contributed by atoms with E-state index in [0.29, 0.717) is 12.0 Å². The number of hydrogen-bond acceptors (Lipinski definition) is 0. The van der Waals surface area contributed by atoms with Gasteiger partial charge in [0.05, 0.1) is 5.02 Å². The third kappa shape index (κ3) is 1.61. The average molecular weight is 187 g/mol. The van der Waals surface area contributed by atoms with Crippen molar-refractivity contribution in [2.24, 2.45) is 0 Å². The summed E-state index contributed by atoms with van der Waals surface area (Å²) in [5, 5.41) is 0.289. The summed E-state index contributed by atoms with van der Waals surface area (Å²) in [6, 6.07) is 3.70. The molecular weight excluding hydrogens is 175 g/mol. The Balaban J connectivity index is 3.20. The van der Waals surface area contributed by atoms with Gasteiger partial charge in [-0.25, -0.2) is 4.39 Å². The minimum absolute atomic E-state index is 0.251. The Hall–Kier alpha value is -0.560. The normalized spacial score (nSPS) is 10.3. The van der Waals surface area contributed by atoms with E-state index >= 15 is 0 Å². The number of rotatable bonds is 2. The molecular formula is C10H12ClF. The molecule has 0 amide bonds. The molecule has 1 aromatic carbocycles. The fourth-order valence-corrected chi connectivity index (χ4v) is 1.49. The lowest BCUT2D eigenvalue weighted by atomic mass is 10.1. The van der Waals surface area contributed by atoms with Crippen LogP contribution in [0.4, 0.5) is 4.39 Å². The average Bonchev–Trinajstić information content (AvgIpc) is 2.10. The molecule has 12 heavy (non-hydrogen) atoms. The first-order chi connectivity index (χ1) is 5.70. The van der Waals surface area contributed by atoms with E-state index in [2.05, 4.69) is 0 Å². The predicted molar refractivity (Wildman–Crippen MR) is 50.2 cm³/mol. The summed E-state index contributed by atoms with van der Waals surface area (Å²) in [5.74, 6) is -0.251. The van der Waals surface area contributed by atoms with E-state index in [1.54, 1.807) is 6.07 Å². The SMILES string of the molecule is CCc1ccc(CC)c(Cl)c1F. The maximum atomic E-state index is 13.3. The van der Waals surface area contributed by atoms with Crippen LogP contribution in [0.2, 0.25) is 5.02 Å². The molecule has 0 aliphatic rings. The van der Waals surface area contributed by atoms with Crippen LogP contribution in [0.25, 0.3) is 0 Å². The van der Waals surface area contributed by atoms with Crippen LogP contribution >= 0.6 is 11.6 Å². The Bertz CT molecular complexity index is 252. The fourth-order valence-electron chi connectivity index (χ4n) is 1.18. The number of aryl methyl sites for hydroxylation is 2. The Morgan fingerprint density at radius 2 is 1.67 bits per heavy atom. The molecule has 0 aliphatic carbocycles. The van der Waals surface area contributed by atoms with Crippen molar-refractivity contribution < 1.29 is 4.39 Å². The molecule has 66 valence electrons. The lowest BCUT2D eigenvalue weighted by molar-refractivity contribution is 0.610. The summed E-state index contributed by atoms with van der Waals surface area (Å²) in [6.45, 7) is 3.88. The number of hydrogen-bond donors (Lipinski definition) is 0. The molecule has 0 saturated heterocycles. The van der Waals surface area contributed by atoms with Gasteiger partial charge in [-0.3, -0.25) is 0 Å². The number of benzene rings is 1. The molecule has 1 rings (SSSR count). The van der Waals surface area contributed by atoms with Gasteiger partial charge in [0.2, 0.25) is 0 Å². The van der Waals surface area contributed by atoms with Crippen molar-refractivity contribution in [1.29, 1.82) is 0 Å². The third-order valence-electron chi connectivity index (χ3n) is 2.00. The van der Waals surface area contributed by atoms with Crippen molar-refractivity contribution in [2.75, 3.05) is 0 Å². The first-order valence-corrected chi connectivity index (χ1v) is 4.54. The van der Waals surface area contributed by atoms with Crippen LogP contribution in [0, 0.1) is 5.82 Å². The molecule has 2 heteroatoms. The molecule has 1 aromatic rings. The molecule has 0 atom stereocenters. The van der Waals surface area contributed by atoms with E-state index in [1.807, 2.05) is 19.9 Å². The van der Waals surface area contributed by atoms with Gasteiger partial charge < -0.3 is 0 Å². The van der Waals surface area contributed by atoms with Crippen molar-refractivity contribution in [3.63, 3.8) is 0 Å². The maximum Gasteiger partial charge on any atom is 0.145 e. The highest BCUT2D eigenvalue weighted by Crippen LogP contribution is 2.23. The molecule has 0 aromatic heterocycles. The molecule has 0 N–H and O–H groups in total. The van der Waals surface area contributed by atoms with Crippen LogP contribution in [0.15, 0.2) is 12.1 Å². The second kappa shape index (κ2) is 3.90. The highest BCUT2D eigenvalue weighted by molar-refractivity contribution is 6.31. The zero-order chi connectivity index (χ0) is 9.14. The van der Waals surface area contributed by atoms with Gasteiger partial charge >= 0.3 is 0 Å². The van der Waals surface area contributed by atoms with Gasteiger partial charge in [0, 0.05) is 0 Å². The highest BCUT2D eigenvalue weighted by atomic mass is 35.5. The van der Waals surface area contributed by atoms with Gasteiger partial charge in [-0.2, -0.15) is 0 Å². The summed E-state index contributed by atoms with van der Waals surface area (Å²) < 4.78 is 13.3. The first-order valence-electron chi connectivity index (χ1n) is 4.16. The van der Waals surface area contributed by atoms with Gasteiger partial charge in [-0.1, -0.05) is 37.6 Å². The zero-order valence-electron chi connectivity index (χ0n) is 7.32. The minimum Gasteiger partial charge on any atom is -0.205 e. The van der Waals surface area contributed by atoms with Crippen LogP contribution in [-0.2, 0) is 12.8 Å². The van der Waals surface area contributed by atoms with Crippen LogP contribution < -0.4 is 0 Å². The molecule has 0 fully saturated rings. The van der Waals surface area contributed by atoms with E-state index in [4.69, 9.17) is 11.6 Å². The molecule has 0 nitrogen and oxygen atoms in total. The monoisotopic (exact) mass is 186 g/mol. The Morgan fingerprint density at radius 3 is 2.17 bits per heavy atom. The van der Waals surface area contributed by atoms with Crippen molar-refractivity contribution in [1.82, 2.24) is 0 Å². The molecule has 0 spiro atoms. The van der Waals surface area contributed by atoms with Crippen molar-refractivity contribution in [3.05, 3.63) is 34.1 Å². The van der Waals surface area contributed by atoms with Crippen LogP contribution in [0.5, 0.6) is 0 Å². The van der Waals surface area contributed by atoms with Crippen molar-refractivity contribution >= 4 is 11.6 Å². The third-order valence-corrected chi connectivity index (χ3v) is 2.41. The lowest BCUT2D eigenvalue weighted by Crippen LogP contribution is -1.92. The van der Waals surface area contributed by atoms with Crippen LogP contribution in [0.3, 0.4) is 0 Å². The fraction of sp³-hybridized carbons (Fsp3) is 0.400. The smallest absolute Gasteiger partial charge is 0.145 e. The second-order valence-corrected chi connectivity index (χ2v) is 3.10. The minimum atomic E-state index is -0.251. The van der Waals surface area contributed by atoms with Crippen molar-refractivity contribution in [2.45, 2.75) is 26.7 Å². The maximum absolute atomic E-state index is 13.3. The molecule has 0 saturated carbocycles. The van der Waals surface area contributed by atoms with Gasteiger partial charge in [0.15, 0.2) is 0 Å². The Labute approximate surface area is 77.4 Å². The van der Waals surface area contributed by atoms with E-state index < -0.39 is 0 Å². The van der Waals surface area contributed by atoms with E-state index in [-0.39, 0.29) is 10.8 Å². The van der Waals surface area contributed by atoms with Crippen LogP contribution in [-0.4, -0.2) is 0 Å². The summed E-state index contributed by atoms with van der Waals surface area (Å²) in [6.07, 6.45) is 1.47. The number of halogens is 2. The van der Waals surface area contributed by atoms with Gasteiger partial charge in [-0.05, 0) is 24.0 Å². The lowest BCUT2D eigenvalue weighted by Gasteiger charge is -2.05. The van der Waals surface area contributed by atoms with Gasteiger partial charge in [-0.15, -0.1) is 0 Å². The molecule has 0 unspecified atom stereocenters. The first kappa shape index (κ1) is 9.53. The highest BCUT2D eigenvalue weighted by Gasteiger charge is 2.08. The molecule has 0 aliphatic heterocycles. The van der Waals surface area contributed by atoms with Gasteiger partial charge in [0.1, 0.15) is 5.82 Å². The summed E-state index contributed by atoms with van der Waals surface area (Å²) >= 11 is 5.80. The molecule has 0 heterocycles. The standard InChI is InChI=1S/C10H12ClF/c1-3-7-5-6-8(4-2)10(12)9(7)11/h5-6H,3-4H2,1-2H3. The summed E-state index contributed by atoms with van der Waals surface area (Å²) in [7, 11) is 0. The Morgan fingerprint density at radius 1 is 1.17 bits per heavy atom. The van der Waals surface area contributed by atoms with Gasteiger partial charge in [0.25, 0.3) is 0 Å². The summed E-state index contributed by atoms with van der Waals surface area (Å²) in [4.78, 5) is 0. The second-order valence-electron chi connectivity index (χ2n) is 2.72. The van der Waals surface area contributed by atoms with E-state index in [9.17, 15) is 4.39 Å². The quantitative estimate of drug-likeness (QED) is 0.662. The molecule has 0 bridgehead atoms. The topological polar surface area (TPSA) is 0 Å². The van der Waals surface area contributed by atoms with Crippen LogP contribution in [0.1, 0.15) is 25.0 Å².